The maximum atomic E-state index is 13.6. The third kappa shape index (κ3) is 4.56. The third-order valence-corrected chi connectivity index (χ3v) is 7.69. The van der Waals surface area contributed by atoms with E-state index in [1.165, 1.54) is 30.3 Å². The number of imide groups is 1. The topological polar surface area (TPSA) is 159 Å². The number of carbonyl (C=O) groups excluding carboxylic acids is 2. The van der Waals surface area contributed by atoms with E-state index in [9.17, 15) is 33.2 Å². The molecule has 39 heavy (non-hydrogen) atoms. The Bertz CT molecular complexity index is 1770. The van der Waals surface area contributed by atoms with Gasteiger partial charge in [-0.3, -0.25) is 24.4 Å². The maximum absolute atomic E-state index is 13.6. The first-order valence-corrected chi connectivity index (χ1v) is 13.3. The molecule has 198 valence electrons. The first-order valence-electron chi connectivity index (χ1n) is 11.8. The van der Waals surface area contributed by atoms with Crippen LogP contribution in [0, 0.1) is 17.0 Å². The summed E-state index contributed by atoms with van der Waals surface area (Å²) in [6, 6.07) is 17.8. The molecule has 2 amide bonds. The lowest BCUT2D eigenvalue weighted by Gasteiger charge is -2.28. The fraction of sp³-hybridized carbons (Fsp3) is 0.111. The highest BCUT2D eigenvalue weighted by molar-refractivity contribution is 7.92. The molecule has 0 saturated heterocycles. The summed E-state index contributed by atoms with van der Waals surface area (Å²) in [5.41, 5.74) is 1.20. The van der Waals surface area contributed by atoms with Gasteiger partial charge < -0.3 is 10.4 Å². The van der Waals surface area contributed by atoms with Crippen molar-refractivity contribution < 1.29 is 28.0 Å². The zero-order valence-electron chi connectivity index (χ0n) is 20.5. The molecule has 3 N–H and O–H groups in total. The van der Waals surface area contributed by atoms with Crippen LogP contribution in [-0.2, 0) is 10.0 Å². The highest BCUT2D eigenvalue weighted by Gasteiger charge is 2.37. The minimum absolute atomic E-state index is 0.0293. The molecule has 0 saturated carbocycles. The van der Waals surface area contributed by atoms with Gasteiger partial charge in [0.25, 0.3) is 27.5 Å². The Morgan fingerprint density at radius 3 is 2.31 bits per heavy atom. The fourth-order valence-electron chi connectivity index (χ4n) is 4.59. The molecular formula is C27H22N4O7S. The third-order valence-electron chi connectivity index (χ3n) is 6.29. The summed E-state index contributed by atoms with van der Waals surface area (Å²) in [7, 11) is -3.95. The number of aryl methyl sites for hydroxylation is 1. The van der Waals surface area contributed by atoms with Gasteiger partial charge in [-0.1, -0.05) is 24.3 Å². The Morgan fingerprint density at radius 1 is 0.949 bits per heavy atom. The first kappa shape index (κ1) is 25.8. The average Bonchev–Trinajstić information content (AvgIpc) is 2.90. The molecule has 0 fully saturated rings. The van der Waals surface area contributed by atoms with Crippen LogP contribution < -0.4 is 14.9 Å². The molecule has 11 nitrogen and oxygen atoms in total. The number of nitro benzene ring substituents is 1. The van der Waals surface area contributed by atoms with Crippen LogP contribution in [0.25, 0.3) is 10.8 Å². The van der Waals surface area contributed by atoms with E-state index in [4.69, 9.17) is 0 Å². The molecule has 4 aromatic carbocycles. The van der Waals surface area contributed by atoms with Gasteiger partial charge in [-0.2, -0.15) is 0 Å². The van der Waals surface area contributed by atoms with Gasteiger partial charge in [-0.15, -0.1) is 0 Å². The van der Waals surface area contributed by atoms with Crippen molar-refractivity contribution in [2.45, 2.75) is 11.8 Å². The van der Waals surface area contributed by atoms with Gasteiger partial charge in [-0.25, -0.2) is 13.3 Å². The summed E-state index contributed by atoms with van der Waals surface area (Å²) in [6.45, 7) is 1.58. The Labute approximate surface area is 222 Å². The van der Waals surface area contributed by atoms with Gasteiger partial charge >= 0.3 is 0 Å². The van der Waals surface area contributed by atoms with Crippen LogP contribution in [0.15, 0.2) is 77.7 Å². The fourth-order valence-corrected chi connectivity index (χ4v) is 5.64. The summed E-state index contributed by atoms with van der Waals surface area (Å²) in [4.78, 5) is 39.1. The van der Waals surface area contributed by atoms with Crippen molar-refractivity contribution in [1.29, 1.82) is 0 Å². The molecule has 0 aromatic heterocycles. The van der Waals surface area contributed by atoms with Crippen LogP contribution in [0.5, 0.6) is 0 Å². The largest absolute Gasteiger partial charge is 0.395 e. The number of aliphatic hydroxyl groups is 1. The van der Waals surface area contributed by atoms with E-state index in [1.54, 1.807) is 30.3 Å². The summed E-state index contributed by atoms with van der Waals surface area (Å²) >= 11 is 0. The lowest BCUT2D eigenvalue weighted by Crippen LogP contribution is -2.40. The Balaban J connectivity index is 1.54. The zero-order chi connectivity index (χ0) is 27.9. The predicted octanol–water partition coefficient (Wildman–Crippen LogP) is 4.06. The molecule has 0 unspecified atom stereocenters. The molecule has 12 heteroatoms. The molecule has 0 spiro atoms. The number of hydrogen-bond donors (Lipinski definition) is 3. The number of benzene rings is 4. The normalized spacial score (nSPS) is 13.0. The number of carbonyl (C=O) groups is 2. The molecule has 5 rings (SSSR count). The van der Waals surface area contributed by atoms with Crippen LogP contribution in [0.3, 0.4) is 0 Å². The summed E-state index contributed by atoms with van der Waals surface area (Å²) in [5, 5.41) is 24.4. The zero-order valence-corrected chi connectivity index (χ0v) is 21.4. The SMILES string of the molecule is Cc1cccc(NS(=O)(=O)c2ccc(N3C(=O)c4cccc5c(NCCO)c([N+](=O)[O-])cc(c45)C3=O)cc2)c1. The van der Waals surface area contributed by atoms with E-state index in [2.05, 4.69) is 10.0 Å². The van der Waals surface area contributed by atoms with Crippen molar-refractivity contribution in [3.8, 4) is 0 Å². The van der Waals surface area contributed by atoms with Gasteiger partial charge in [0.15, 0.2) is 0 Å². The molecule has 1 aliphatic rings. The van der Waals surface area contributed by atoms with Crippen LogP contribution in [0.4, 0.5) is 22.7 Å². The van der Waals surface area contributed by atoms with Gasteiger partial charge in [0.2, 0.25) is 0 Å². The van der Waals surface area contributed by atoms with E-state index < -0.39 is 26.8 Å². The van der Waals surface area contributed by atoms with Crippen LogP contribution >= 0.6 is 0 Å². The Hall–Kier alpha value is -4.81. The minimum Gasteiger partial charge on any atom is -0.395 e. The molecule has 1 aliphatic heterocycles. The summed E-state index contributed by atoms with van der Waals surface area (Å²) in [6.07, 6.45) is 0. The lowest BCUT2D eigenvalue weighted by molar-refractivity contribution is -0.383. The maximum Gasteiger partial charge on any atom is 0.293 e. The van der Waals surface area contributed by atoms with Crippen LogP contribution in [0.1, 0.15) is 26.3 Å². The molecule has 1 heterocycles. The number of amides is 2. The van der Waals surface area contributed by atoms with Crippen molar-refractivity contribution in [1.82, 2.24) is 0 Å². The minimum atomic E-state index is -3.95. The van der Waals surface area contributed by atoms with Gasteiger partial charge in [0.05, 0.1) is 27.7 Å². The van der Waals surface area contributed by atoms with Crippen LogP contribution in [0.2, 0.25) is 0 Å². The number of anilines is 3. The van der Waals surface area contributed by atoms with E-state index in [0.717, 1.165) is 16.5 Å². The molecular weight excluding hydrogens is 524 g/mol. The van der Waals surface area contributed by atoms with Gasteiger partial charge in [-0.05, 0) is 55.0 Å². The second kappa shape index (κ2) is 9.82. The highest BCUT2D eigenvalue weighted by atomic mass is 32.2. The van der Waals surface area contributed by atoms with Crippen molar-refractivity contribution in [2.75, 3.05) is 28.1 Å². The predicted molar refractivity (Wildman–Crippen MR) is 146 cm³/mol. The quantitative estimate of drug-likeness (QED) is 0.169. The number of nitrogens with zero attached hydrogens (tertiary/aromatic N) is 2. The second-order valence-electron chi connectivity index (χ2n) is 8.87. The monoisotopic (exact) mass is 546 g/mol. The number of sulfonamides is 1. The first-order chi connectivity index (χ1) is 18.6. The second-order valence-corrected chi connectivity index (χ2v) is 10.6. The van der Waals surface area contributed by atoms with Crippen molar-refractivity contribution in [3.05, 3.63) is 99.6 Å². The van der Waals surface area contributed by atoms with Crippen molar-refractivity contribution in [2.24, 2.45) is 0 Å². The van der Waals surface area contributed by atoms with Gasteiger partial charge in [0.1, 0.15) is 5.69 Å². The molecule has 0 aliphatic carbocycles. The van der Waals surface area contributed by atoms with Crippen LogP contribution in [-0.4, -0.2) is 43.4 Å². The standard InChI is InChI=1S/C27H22N4O7S/c1-16-4-2-5-17(14-16)29-39(37,38)19-10-8-18(9-11-19)30-26(33)21-7-3-6-20-24(21)22(27(30)34)15-23(31(35)36)25(20)28-12-13-32/h2-11,14-15,28-29,32H,12-13H2,1H3. The number of nitro groups is 1. The molecule has 4 aromatic rings. The number of hydrogen-bond acceptors (Lipinski definition) is 8. The smallest absolute Gasteiger partial charge is 0.293 e. The number of aliphatic hydroxyl groups excluding tert-OH is 1. The molecule has 0 radical (unpaired) electrons. The molecule has 0 atom stereocenters. The van der Waals surface area contributed by atoms with E-state index in [-0.39, 0.29) is 51.6 Å². The van der Waals surface area contributed by atoms with E-state index in [0.29, 0.717) is 11.1 Å². The lowest BCUT2D eigenvalue weighted by atomic mass is 9.91. The molecule has 0 bridgehead atoms. The van der Waals surface area contributed by atoms with Gasteiger partial charge in [0, 0.05) is 34.6 Å². The number of rotatable bonds is 8. The summed E-state index contributed by atoms with van der Waals surface area (Å²) in [5.74, 6) is -1.44. The van der Waals surface area contributed by atoms with E-state index in [1.807, 2.05) is 13.0 Å². The Kier molecular flexibility index (Phi) is 6.50. The van der Waals surface area contributed by atoms with E-state index >= 15 is 0 Å². The Morgan fingerprint density at radius 2 is 1.64 bits per heavy atom. The average molecular weight is 547 g/mol. The van der Waals surface area contributed by atoms with Crippen molar-refractivity contribution in [3.63, 3.8) is 0 Å². The number of nitrogens with one attached hydrogen (secondary N) is 2. The highest BCUT2D eigenvalue weighted by Crippen LogP contribution is 2.41. The van der Waals surface area contributed by atoms with Crippen molar-refractivity contribution >= 4 is 55.4 Å². The summed E-state index contributed by atoms with van der Waals surface area (Å²) < 4.78 is 28.3.